The van der Waals surface area contributed by atoms with Crippen LogP contribution in [-0.2, 0) is 5.54 Å². The maximum absolute atomic E-state index is 7.27. The summed E-state index contributed by atoms with van der Waals surface area (Å²) < 4.78 is 0. The number of nitrogens with two attached hydrogens (primary N) is 1. The van der Waals surface area contributed by atoms with Crippen molar-refractivity contribution in [2.45, 2.75) is 238 Å². The van der Waals surface area contributed by atoms with Gasteiger partial charge in [0.15, 0.2) is 0 Å². The second kappa shape index (κ2) is 32.5. The Morgan fingerprint density at radius 2 is 0.696 bits per heavy atom. The van der Waals surface area contributed by atoms with E-state index >= 15 is 0 Å². The highest BCUT2D eigenvalue weighted by molar-refractivity contribution is 5.54. The molecule has 0 fully saturated rings. The molecule has 0 bridgehead atoms. The Balaban J connectivity index is 2.15. The van der Waals surface area contributed by atoms with E-state index in [0.29, 0.717) is 0 Å². The van der Waals surface area contributed by atoms with E-state index in [1.54, 1.807) is 0 Å². The first kappa shape index (κ1) is 42.9. The van der Waals surface area contributed by atoms with Crippen LogP contribution in [0.25, 0.3) is 6.08 Å². The Kier molecular flexibility index (Phi) is 30.3. The lowest BCUT2D eigenvalue weighted by Gasteiger charge is -2.32. The molecule has 0 atom stereocenters. The molecule has 0 aromatic heterocycles. The SMILES string of the molecule is C=Cc1ccccc1C(N)(CCCCCCCCCCCCCCCCCC)CCCCCCCCCCCCCCCCCC. The molecule has 0 aliphatic carbocycles. The Hall–Kier alpha value is -1.08. The molecule has 268 valence electrons. The minimum Gasteiger partial charge on any atom is -0.321 e. The fraction of sp³-hybridized carbons (Fsp3) is 0.822. The predicted octanol–water partition coefficient (Wildman–Crippen LogP) is 15.8. The molecule has 0 aliphatic heterocycles. The third-order valence-electron chi connectivity index (χ3n) is 10.7. The smallest absolute Gasteiger partial charge is 0.0415 e. The average molecular weight is 638 g/mol. The number of benzene rings is 1. The number of unbranched alkanes of at least 4 members (excludes halogenated alkanes) is 30. The molecule has 0 saturated heterocycles. The van der Waals surface area contributed by atoms with E-state index in [4.69, 9.17) is 5.73 Å². The largest absolute Gasteiger partial charge is 0.321 e. The van der Waals surface area contributed by atoms with Gasteiger partial charge in [-0.3, -0.25) is 0 Å². The van der Waals surface area contributed by atoms with Gasteiger partial charge in [-0.05, 0) is 24.0 Å². The first-order chi connectivity index (χ1) is 22.7. The van der Waals surface area contributed by atoms with Crippen LogP contribution in [0.4, 0.5) is 0 Å². The van der Waals surface area contributed by atoms with E-state index in [-0.39, 0.29) is 5.54 Å². The summed E-state index contributed by atoms with van der Waals surface area (Å²) in [6.07, 6.45) is 49.5. The fourth-order valence-electron chi connectivity index (χ4n) is 7.50. The van der Waals surface area contributed by atoms with Gasteiger partial charge < -0.3 is 5.73 Å². The van der Waals surface area contributed by atoms with Gasteiger partial charge >= 0.3 is 0 Å². The van der Waals surface area contributed by atoms with Crippen molar-refractivity contribution >= 4 is 6.08 Å². The van der Waals surface area contributed by atoms with Crippen LogP contribution in [0.3, 0.4) is 0 Å². The molecule has 46 heavy (non-hydrogen) atoms. The molecule has 1 aromatic rings. The molecule has 1 aromatic carbocycles. The van der Waals surface area contributed by atoms with Crippen molar-refractivity contribution in [1.29, 1.82) is 0 Å². The lowest BCUT2D eigenvalue weighted by Crippen LogP contribution is -2.37. The second-order valence-electron chi connectivity index (χ2n) is 15.1. The van der Waals surface area contributed by atoms with Crippen LogP contribution in [0.2, 0.25) is 0 Å². The van der Waals surface area contributed by atoms with Gasteiger partial charge in [-0.2, -0.15) is 0 Å². The van der Waals surface area contributed by atoms with Crippen LogP contribution < -0.4 is 5.73 Å². The molecule has 2 N–H and O–H groups in total. The molecule has 1 heteroatoms. The number of hydrogen-bond acceptors (Lipinski definition) is 1. The predicted molar refractivity (Wildman–Crippen MR) is 211 cm³/mol. The molecular weight excluding hydrogens is 555 g/mol. The van der Waals surface area contributed by atoms with Gasteiger partial charge in [0.1, 0.15) is 0 Å². The lowest BCUT2D eigenvalue weighted by molar-refractivity contribution is 0.342. The van der Waals surface area contributed by atoms with Crippen LogP contribution in [0.1, 0.15) is 243 Å². The van der Waals surface area contributed by atoms with Crippen molar-refractivity contribution in [1.82, 2.24) is 0 Å². The van der Waals surface area contributed by atoms with E-state index in [0.717, 1.165) is 12.8 Å². The fourth-order valence-corrected chi connectivity index (χ4v) is 7.50. The highest BCUT2D eigenvalue weighted by Crippen LogP contribution is 2.34. The first-order valence-electron chi connectivity index (χ1n) is 21.2. The molecule has 1 nitrogen and oxygen atoms in total. The Morgan fingerprint density at radius 1 is 0.435 bits per heavy atom. The highest BCUT2D eigenvalue weighted by atomic mass is 14.7. The van der Waals surface area contributed by atoms with Crippen molar-refractivity contribution in [3.05, 3.63) is 42.0 Å². The maximum Gasteiger partial charge on any atom is 0.0415 e. The summed E-state index contributed by atoms with van der Waals surface area (Å²) in [5.74, 6) is 0. The summed E-state index contributed by atoms with van der Waals surface area (Å²) in [4.78, 5) is 0. The van der Waals surface area contributed by atoms with Gasteiger partial charge in [-0.15, -0.1) is 0 Å². The van der Waals surface area contributed by atoms with Crippen LogP contribution in [0, 0.1) is 0 Å². The molecule has 0 heterocycles. The Bertz CT molecular complexity index is 730. The normalized spacial score (nSPS) is 11.8. The Labute approximate surface area is 290 Å². The highest BCUT2D eigenvalue weighted by Gasteiger charge is 2.28. The van der Waals surface area contributed by atoms with Crippen molar-refractivity contribution in [2.75, 3.05) is 0 Å². The third kappa shape index (κ3) is 24.1. The number of rotatable bonds is 36. The summed E-state index contributed by atoms with van der Waals surface area (Å²) in [5, 5.41) is 0. The summed E-state index contributed by atoms with van der Waals surface area (Å²) in [6.45, 7) is 8.72. The molecule has 0 spiro atoms. The maximum atomic E-state index is 7.27. The van der Waals surface area contributed by atoms with Crippen LogP contribution in [-0.4, -0.2) is 0 Å². The van der Waals surface area contributed by atoms with Crippen molar-refractivity contribution < 1.29 is 0 Å². The van der Waals surface area contributed by atoms with Gasteiger partial charge in [0.25, 0.3) is 0 Å². The number of hydrogen-bond donors (Lipinski definition) is 1. The van der Waals surface area contributed by atoms with E-state index in [1.807, 2.05) is 6.08 Å². The standard InChI is InChI=1S/C45H83N/c1-4-7-9-11-13-15-17-19-21-23-25-27-29-31-33-37-41-45(46,44-40-36-35-39-43(44)6-3)42-38-34-32-30-28-26-24-22-20-18-16-14-12-10-8-5-2/h6,35-36,39-40H,3-5,7-34,37-38,41-42,46H2,1-2H3. The molecule has 0 radical (unpaired) electrons. The van der Waals surface area contributed by atoms with Crippen molar-refractivity contribution in [2.24, 2.45) is 5.73 Å². The molecule has 0 unspecified atom stereocenters. The van der Waals surface area contributed by atoms with E-state index in [9.17, 15) is 0 Å². The third-order valence-corrected chi connectivity index (χ3v) is 10.7. The lowest BCUT2D eigenvalue weighted by atomic mass is 9.79. The Morgan fingerprint density at radius 3 is 0.978 bits per heavy atom. The van der Waals surface area contributed by atoms with Gasteiger partial charge in [-0.1, -0.05) is 256 Å². The van der Waals surface area contributed by atoms with Crippen LogP contribution >= 0.6 is 0 Å². The zero-order valence-electron chi connectivity index (χ0n) is 31.7. The van der Waals surface area contributed by atoms with Crippen LogP contribution in [0.5, 0.6) is 0 Å². The zero-order valence-corrected chi connectivity index (χ0v) is 31.7. The van der Waals surface area contributed by atoms with Gasteiger partial charge in [0.2, 0.25) is 0 Å². The molecular formula is C45H83N. The molecule has 1 rings (SSSR count). The molecule has 0 saturated carbocycles. The van der Waals surface area contributed by atoms with E-state index < -0.39 is 0 Å². The second-order valence-corrected chi connectivity index (χ2v) is 15.1. The molecule has 0 aliphatic rings. The van der Waals surface area contributed by atoms with Gasteiger partial charge in [0, 0.05) is 5.54 Å². The summed E-state index contributed by atoms with van der Waals surface area (Å²) >= 11 is 0. The van der Waals surface area contributed by atoms with Gasteiger partial charge in [0.05, 0.1) is 0 Å². The first-order valence-corrected chi connectivity index (χ1v) is 21.2. The van der Waals surface area contributed by atoms with Crippen molar-refractivity contribution in [3.8, 4) is 0 Å². The summed E-state index contributed by atoms with van der Waals surface area (Å²) in [7, 11) is 0. The monoisotopic (exact) mass is 638 g/mol. The summed E-state index contributed by atoms with van der Waals surface area (Å²) in [6, 6.07) is 8.77. The minimum atomic E-state index is -0.212. The van der Waals surface area contributed by atoms with E-state index in [2.05, 4.69) is 44.7 Å². The van der Waals surface area contributed by atoms with E-state index in [1.165, 1.54) is 217 Å². The van der Waals surface area contributed by atoms with Crippen LogP contribution in [0.15, 0.2) is 30.8 Å². The zero-order chi connectivity index (χ0) is 33.2. The topological polar surface area (TPSA) is 26.0 Å². The average Bonchev–Trinajstić information content (AvgIpc) is 3.07. The van der Waals surface area contributed by atoms with Crippen molar-refractivity contribution in [3.63, 3.8) is 0 Å². The summed E-state index contributed by atoms with van der Waals surface area (Å²) in [5.41, 5.74) is 9.62. The molecule has 0 amide bonds. The quantitative estimate of drug-likeness (QED) is 0.0728. The van der Waals surface area contributed by atoms with Gasteiger partial charge in [-0.25, -0.2) is 0 Å². The minimum absolute atomic E-state index is 0.212.